The van der Waals surface area contributed by atoms with Gasteiger partial charge in [-0.2, -0.15) is 5.10 Å². The van der Waals surface area contributed by atoms with Crippen LogP contribution in [0.4, 0.5) is 0 Å². The van der Waals surface area contributed by atoms with Gasteiger partial charge in [-0.1, -0.05) is 11.6 Å². The smallest absolute Gasteiger partial charge is 0.184 e. The van der Waals surface area contributed by atoms with E-state index in [2.05, 4.69) is 22.7 Å². The molecule has 0 aliphatic rings. The van der Waals surface area contributed by atoms with Crippen LogP contribution in [0, 0.1) is 0 Å². The van der Waals surface area contributed by atoms with E-state index in [0.29, 0.717) is 16.5 Å². The van der Waals surface area contributed by atoms with Crippen molar-refractivity contribution in [3.8, 4) is 0 Å². The number of nitrogens with zero attached hydrogens (tertiary/aromatic N) is 1. The highest BCUT2D eigenvalue weighted by molar-refractivity contribution is 7.80. The van der Waals surface area contributed by atoms with Gasteiger partial charge in [-0.05, 0) is 43.4 Å². The lowest BCUT2D eigenvalue weighted by Gasteiger charge is -1.97. The fraction of sp³-hybridized carbons (Fsp3) is 0.0909. The first-order valence-corrected chi connectivity index (χ1v) is 5.64. The Bertz CT molecular complexity index is 606. The van der Waals surface area contributed by atoms with Crippen LogP contribution in [-0.2, 0) is 0 Å². The molecule has 0 amide bonds. The summed E-state index contributed by atoms with van der Waals surface area (Å²) >= 11 is 10.5. The van der Waals surface area contributed by atoms with Gasteiger partial charge in [-0.25, -0.2) is 0 Å². The first-order chi connectivity index (χ1) is 8.06. The van der Waals surface area contributed by atoms with Crippen molar-refractivity contribution in [2.45, 2.75) is 6.92 Å². The van der Waals surface area contributed by atoms with Crippen molar-refractivity contribution in [1.29, 1.82) is 0 Å². The predicted octanol–water partition coefficient (Wildman–Crippen LogP) is 2.64. The van der Waals surface area contributed by atoms with Crippen LogP contribution in [0.1, 0.15) is 12.7 Å². The molecular weight excluding hydrogens is 258 g/mol. The molecule has 0 aliphatic heterocycles. The number of nitrogens with one attached hydrogen (secondary N) is 1. The van der Waals surface area contributed by atoms with Crippen molar-refractivity contribution in [3.63, 3.8) is 0 Å². The molecule has 0 spiro atoms. The fourth-order valence-corrected chi connectivity index (χ4v) is 1.61. The molecule has 0 atom stereocenters. The van der Waals surface area contributed by atoms with Crippen LogP contribution in [0.2, 0.25) is 5.02 Å². The van der Waals surface area contributed by atoms with Gasteiger partial charge in [0.2, 0.25) is 0 Å². The monoisotopic (exact) mass is 267 g/mol. The number of furan rings is 1. The molecule has 2 rings (SSSR count). The van der Waals surface area contributed by atoms with Gasteiger partial charge in [0.15, 0.2) is 10.9 Å². The Kier molecular flexibility index (Phi) is 3.31. The highest BCUT2D eigenvalue weighted by atomic mass is 35.5. The molecular formula is C11H10ClN3OS. The molecule has 0 saturated heterocycles. The molecule has 4 nitrogen and oxygen atoms in total. The number of halogens is 1. The molecule has 1 aromatic carbocycles. The van der Waals surface area contributed by atoms with Gasteiger partial charge < -0.3 is 10.2 Å². The second kappa shape index (κ2) is 4.73. The molecule has 0 bridgehead atoms. The summed E-state index contributed by atoms with van der Waals surface area (Å²) in [5, 5.41) is 5.70. The van der Waals surface area contributed by atoms with E-state index in [4.69, 9.17) is 21.8 Å². The summed E-state index contributed by atoms with van der Waals surface area (Å²) < 4.78 is 5.60. The van der Waals surface area contributed by atoms with Crippen LogP contribution >= 0.6 is 23.8 Å². The van der Waals surface area contributed by atoms with Gasteiger partial charge in [-0.15, -0.1) is 0 Å². The highest BCUT2D eigenvalue weighted by Gasteiger charge is 2.06. The number of fused-ring (bicyclic) bond motifs is 1. The number of nitrogens with two attached hydrogens (primary N) is 1. The predicted molar refractivity (Wildman–Crippen MR) is 73.4 cm³/mol. The average molecular weight is 268 g/mol. The number of hydrogen-bond donors (Lipinski definition) is 2. The van der Waals surface area contributed by atoms with Crippen molar-refractivity contribution >= 4 is 45.6 Å². The first-order valence-electron chi connectivity index (χ1n) is 4.85. The van der Waals surface area contributed by atoms with Gasteiger partial charge in [0.05, 0.1) is 0 Å². The Morgan fingerprint density at radius 3 is 2.94 bits per heavy atom. The summed E-state index contributed by atoms with van der Waals surface area (Å²) in [4.78, 5) is 0. The third-order valence-electron chi connectivity index (χ3n) is 2.17. The van der Waals surface area contributed by atoms with Gasteiger partial charge >= 0.3 is 0 Å². The Balaban J connectivity index is 2.36. The van der Waals surface area contributed by atoms with Crippen LogP contribution in [0.25, 0.3) is 11.0 Å². The van der Waals surface area contributed by atoms with E-state index in [1.165, 1.54) is 0 Å². The highest BCUT2D eigenvalue weighted by Crippen LogP contribution is 2.23. The number of hydrogen-bond acceptors (Lipinski definition) is 3. The van der Waals surface area contributed by atoms with Crippen molar-refractivity contribution in [3.05, 3.63) is 35.0 Å². The van der Waals surface area contributed by atoms with Crippen molar-refractivity contribution in [2.75, 3.05) is 0 Å². The number of thiocarbonyl (C=S) groups is 1. The van der Waals surface area contributed by atoms with Gasteiger partial charge in [-0.3, -0.25) is 5.43 Å². The maximum Gasteiger partial charge on any atom is 0.184 e. The van der Waals surface area contributed by atoms with Gasteiger partial charge in [0, 0.05) is 10.4 Å². The third kappa shape index (κ3) is 2.75. The molecule has 0 saturated carbocycles. The first kappa shape index (κ1) is 11.9. The van der Waals surface area contributed by atoms with Crippen LogP contribution in [0.3, 0.4) is 0 Å². The third-order valence-corrected chi connectivity index (χ3v) is 2.50. The minimum absolute atomic E-state index is 0.114. The lowest BCUT2D eigenvalue weighted by atomic mass is 10.2. The van der Waals surface area contributed by atoms with Gasteiger partial charge in [0.1, 0.15) is 11.3 Å². The van der Waals surface area contributed by atoms with E-state index in [-0.39, 0.29) is 5.11 Å². The molecule has 1 aromatic heterocycles. The fourth-order valence-electron chi connectivity index (χ4n) is 1.39. The summed E-state index contributed by atoms with van der Waals surface area (Å²) in [6.45, 7) is 1.80. The lowest BCUT2D eigenvalue weighted by molar-refractivity contribution is 0.603. The van der Waals surface area contributed by atoms with Crippen LogP contribution in [-0.4, -0.2) is 10.8 Å². The quantitative estimate of drug-likeness (QED) is 0.499. The maximum atomic E-state index is 5.89. The van der Waals surface area contributed by atoms with E-state index < -0.39 is 0 Å². The molecule has 17 heavy (non-hydrogen) atoms. The summed E-state index contributed by atoms with van der Waals surface area (Å²) in [7, 11) is 0. The SMILES string of the molecule is C/C(=N/NC(N)=S)c1cc2cc(Cl)ccc2o1. The number of rotatable bonds is 2. The maximum absolute atomic E-state index is 5.89. The minimum Gasteiger partial charge on any atom is -0.455 e. The van der Waals surface area contributed by atoms with Crippen LogP contribution in [0.15, 0.2) is 33.8 Å². The van der Waals surface area contributed by atoms with Crippen molar-refractivity contribution in [2.24, 2.45) is 10.8 Å². The van der Waals surface area contributed by atoms with Crippen LogP contribution < -0.4 is 11.2 Å². The van der Waals surface area contributed by atoms with Crippen molar-refractivity contribution in [1.82, 2.24) is 5.43 Å². The van der Waals surface area contributed by atoms with Crippen molar-refractivity contribution < 1.29 is 4.42 Å². The second-order valence-corrected chi connectivity index (χ2v) is 4.34. The van der Waals surface area contributed by atoms with E-state index in [1.807, 2.05) is 18.2 Å². The van der Waals surface area contributed by atoms with E-state index in [9.17, 15) is 0 Å². The van der Waals surface area contributed by atoms with E-state index in [1.54, 1.807) is 13.0 Å². The standard InChI is InChI=1S/C11H10ClN3OS/c1-6(14-15-11(13)17)10-5-7-4-8(12)2-3-9(7)16-10/h2-5H,1H3,(H3,13,15,17)/b14-6-. The Morgan fingerprint density at radius 1 is 1.47 bits per heavy atom. The summed E-state index contributed by atoms with van der Waals surface area (Å²) in [6, 6.07) is 7.28. The number of benzene rings is 1. The average Bonchev–Trinajstić information content (AvgIpc) is 2.68. The molecule has 0 aliphatic carbocycles. The Labute approximate surface area is 108 Å². The van der Waals surface area contributed by atoms with E-state index >= 15 is 0 Å². The lowest BCUT2D eigenvalue weighted by Crippen LogP contribution is -2.25. The zero-order chi connectivity index (χ0) is 12.4. The Morgan fingerprint density at radius 2 is 2.24 bits per heavy atom. The summed E-state index contributed by atoms with van der Waals surface area (Å²) in [5.41, 5.74) is 9.21. The van der Waals surface area contributed by atoms with Gasteiger partial charge in [0.25, 0.3) is 0 Å². The summed E-state index contributed by atoms with van der Waals surface area (Å²) in [6.07, 6.45) is 0. The van der Waals surface area contributed by atoms with Crippen LogP contribution in [0.5, 0.6) is 0 Å². The molecule has 6 heteroatoms. The molecule has 3 N–H and O–H groups in total. The second-order valence-electron chi connectivity index (χ2n) is 3.47. The molecule has 0 unspecified atom stereocenters. The number of hydrazone groups is 1. The van der Waals surface area contributed by atoms with E-state index in [0.717, 1.165) is 11.0 Å². The minimum atomic E-state index is 0.114. The zero-order valence-corrected chi connectivity index (χ0v) is 10.6. The molecule has 0 fully saturated rings. The molecule has 0 radical (unpaired) electrons. The Hall–Kier alpha value is -1.59. The molecule has 1 heterocycles. The molecule has 88 valence electrons. The normalized spacial score (nSPS) is 11.8. The zero-order valence-electron chi connectivity index (χ0n) is 9.03. The molecule has 2 aromatic rings. The topological polar surface area (TPSA) is 63.5 Å². The summed E-state index contributed by atoms with van der Waals surface area (Å²) in [5.74, 6) is 0.644. The largest absolute Gasteiger partial charge is 0.455 e.